The fourth-order valence-corrected chi connectivity index (χ4v) is 11.1. The molecule has 0 unspecified atom stereocenters. The molecule has 0 bridgehead atoms. The maximum absolute atomic E-state index is 13.1. The zero-order valence-electron chi connectivity index (χ0n) is 54.7. The van der Waals surface area contributed by atoms with Crippen molar-refractivity contribution in [1.82, 2.24) is 5.32 Å². The molecule has 0 spiro atoms. The Bertz CT molecular complexity index is 2810. The van der Waals surface area contributed by atoms with Crippen LogP contribution in [0.3, 0.4) is 0 Å². The summed E-state index contributed by atoms with van der Waals surface area (Å²) in [5.41, 5.74) is 7.71. The topological polar surface area (TPSA) is 145 Å². The van der Waals surface area contributed by atoms with E-state index < -0.39 is 47.2 Å². The smallest absolute Gasteiger partial charge is 0.408 e. The van der Waals surface area contributed by atoms with E-state index in [1.165, 1.54) is 55.2 Å². The Morgan fingerprint density at radius 1 is 0.460 bits per heavy atom. The van der Waals surface area contributed by atoms with E-state index in [2.05, 4.69) is 122 Å². The molecule has 0 aromatic heterocycles. The average molecular weight is 1220 g/mol. The third kappa shape index (κ3) is 22.5. The summed E-state index contributed by atoms with van der Waals surface area (Å²) in [5.74, 6) is 5.16. The molecule has 5 atom stereocenters. The fraction of sp³-hybridized carbons (Fsp3) is 0.541. The van der Waals surface area contributed by atoms with Gasteiger partial charge in [0.15, 0.2) is 6.07 Å². The summed E-state index contributed by atoms with van der Waals surface area (Å²) in [6.07, 6.45) is 7.63. The van der Waals surface area contributed by atoms with Gasteiger partial charge in [0, 0.05) is 6.42 Å². The largest absolute Gasteiger partial charge is 0.477 e. The van der Waals surface area contributed by atoms with Crippen molar-refractivity contribution >= 4 is 35.6 Å². The van der Waals surface area contributed by atoms with Gasteiger partial charge >= 0.3 is 24.0 Å². The van der Waals surface area contributed by atoms with Gasteiger partial charge in [0.1, 0.15) is 34.5 Å². The minimum absolute atomic E-state index is 0.0441. The molecule has 8 rings (SSSR count). The highest BCUT2D eigenvalue weighted by atomic mass is 35.5. The van der Waals surface area contributed by atoms with E-state index in [9.17, 15) is 19.2 Å². The quantitative estimate of drug-likeness (QED) is 0.0244. The number of ether oxygens (including phenoxy) is 7. The molecule has 1 N–H and O–H groups in total. The zero-order valence-corrected chi connectivity index (χ0v) is 55.4. The third-order valence-electron chi connectivity index (χ3n) is 16.3. The highest BCUT2D eigenvalue weighted by molar-refractivity contribution is 6.17. The van der Waals surface area contributed by atoms with Gasteiger partial charge in [-0.3, -0.25) is 9.59 Å². The normalized spacial score (nSPS) is 15.7. The number of halogens is 1. The van der Waals surface area contributed by atoms with E-state index in [4.69, 9.17) is 44.8 Å². The van der Waals surface area contributed by atoms with Crippen molar-refractivity contribution in [3.63, 3.8) is 0 Å². The van der Waals surface area contributed by atoms with Gasteiger partial charge in [-0.1, -0.05) is 189 Å². The summed E-state index contributed by atoms with van der Waals surface area (Å²) in [6, 6.07) is 37.4. The van der Waals surface area contributed by atoms with Gasteiger partial charge in [0.2, 0.25) is 13.6 Å². The molecule has 0 heterocycles. The maximum atomic E-state index is 13.1. The number of alkyl carbamates (subject to hydrolysis) is 1. The molecule has 5 aromatic rings. The first-order chi connectivity index (χ1) is 41.2. The number of nitrogens with one attached hydrogen (secondary N) is 1. The Kier molecular flexibility index (Phi) is 26.1. The van der Waals surface area contributed by atoms with Gasteiger partial charge in [-0.25, -0.2) is 9.59 Å². The molecule has 3 fully saturated rings. The number of hydrogen-bond acceptors (Lipinski definition) is 11. The Balaban J connectivity index is 0.000000221. The Morgan fingerprint density at radius 3 is 1.17 bits per heavy atom. The minimum Gasteiger partial charge on any atom is -0.477 e. The molecule has 12 nitrogen and oxygen atoms in total. The highest BCUT2D eigenvalue weighted by Crippen LogP contribution is 2.49. The van der Waals surface area contributed by atoms with Crippen molar-refractivity contribution < 1.29 is 52.3 Å². The summed E-state index contributed by atoms with van der Waals surface area (Å²) < 4.78 is 39.8. The summed E-state index contributed by atoms with van der Waals surface area (Å²) in [4.78, 5) is 51.0. The molecule has 3 aliphatic rings. The summed E-state index contributed by atoms with van der Waals surface area (Å²) in [5, 5.41) is 2.66. The first kappa shape index (κ1) is 69.6. The molecular weight excluding hydrogens is 1110 g/mol. The molecule has 1 amide bonds. The Labute approximate surface area is 525 Å². The van der Waals surface area contributed by atoms with Crippen molar-refractivity contribution in [2.45, 2.75) is 214 Å². The molecular formula is C74H100ClNO11. The second-order valence-corrected chi connectivity index (χ2v) is 27.1. The number of benzene rings is 5. The summed E-state index contributed by atoms with van der Waals surface area (Å²) in [7, 11) is 0. The molecule has 5 aromatic carbocycles. The van der Waals surface area contributed by atoms with Crippen LogP contribution in [-0.4, -0.2) is 60.9 Å². The first-order valence-electron chi connectivity index (χ1n) is 31.7. The molecule has 0 aliphatic heterocycles. The molecule has 0 radical (unpaired) electrons. The van der Waals surface area contributed by atoms with E-state index in [0.717, 1.165) is 51.0 Å². The van der Waals surface area contributed by atoms with Crippen LogP contribution >= 0.6 is 11.6 Å². The average Bonchev–Trinajstić information content (AvgIpc) is 2.37. The van der Waals surface area contributed by atoms with Crippen molar-refractivity contribution in [1.29, 1.82) is 0 Å². The van der Waals surface area contributed by atoms with Crippen LogP contribution in [0.4, 0.5) is 4.79 Å². The lowest BCUT2D eigenvalue weighted by Crippen LogP contribution is -2.45. The fourth-order valence-electron chi connectivity index (χ4n) is 11.0. The number of carbonyl (C=O) groups is 4. The second-order valence-electron chi connectivity index (χ2n) is 26.9. The highest BCUT2D eigenvalue weighted by Gasteiger charge is 2.35. The lowest BCUT2D eigenvalue weighted by molar-refractivity contribution is -0.164. The van der Waals surface area contributed by atoms with Gasteiger partial charge in [0.05, 0.1) is 12.3 Å². The van der Waals surface area contributed by atoms with Crippen LogP contribution in [-0.2, 0) is 46.2 Å². The van der Waals surface area contributed by atoms with E-state index in [1.54, 1.807) is 20.8 Å². The van der Waals surface area contributed by atoms with E-state index in [0.29, 0.717) is 41.9 Å². The van der Waals surface area contributed by atoms with E-state index in [1.807, 2.05) is 81.4 Å². The minimum atomic E-state index is -0.902. The SMILES string of the molecule is CC(C)c1cccc([C@H](C)C2CC2)c1OCCl.CC(C)c1cccc([C@H](C)C2CC2)c1OCOC(=O)[C@@H](CC(=O)OC(C)(C)C)Cc1ccccc1.CC(C)c1cccc([C@H](C)C2CC2)c1OCOC(=O)[C@H](Cc1ccccc1)NC(=O)OC(C)(C)C. The molecule has 87 heavy (non-hydrogen) atoms. The standard InChI is InChI=1S/C30H40O5.C29H39NO5.C15H21ClO/c1-20(2)25-13-10-14-26(21(3)23-15-16-23)28(25)33-19-34-29(32)24(17-22-11-8-7-9-12-22)18-27(31)35-30(4,5)6;1-19(2)23-13-10-14-24(20(3)22-15-16-22)26(23)33-18-34-27(31)25(17-21-11-8-7-9-12-21)30-28(32)35-29(4,5)6;1-10(2)13-5-4-6-14(15(13)17-9-16)11(3)12-7-8-12/h7-14,20-21,23-24H,15-19H2,1-6H3;7-14,19-20,22,25H,15-18H2,1-6H3,(H,30,32);4-6,10-12H,7-9H2,1-3H3/t21-,24-;20-,25+;11-/m111/s1. The number of carbonyl (C=O) groups excluding carboxylic acids is 4. The van der Waals surface area contributed by atoms with Gasteiger partial charge in [-0.2, -0.15) is 0 Å². The van der Waals surface area contributed by atoms with E-state index >= 15 is 0 Å². The van der Waals surface area contributed by atoms with E-state index in [-0.39, 0.29) is 44.3 Å². The number of esters is 3. The van der Waals surface area contributed by atoms with Crippen LogP contribution in [0, 0.1) is 23.7 Å². The van der Waals surface area contributed by atoms with Crippen LogP contribution in [0.1, 0.15) is 229 Å². The number of para-hydroxylation sites is 3. The third-order valence-corrected chi connectivity index (χ3v) is 16.4. The predicted octanol–water partition coefficient (Wildman–Crippen LogP) is 18.0. The maximum Gasteiger partial charge on any atom is 0.408 e. The van der Waals surface area contributed by atoms with Crippen LogP contribution in [0.25, 0.3) is 0 Å². The summed E-state index contributed by atoms with van der Waals surface area (Å²) in [6.45, 7) is 30.0. The van der Waals surface area contributed by atoms with Crippen molar-refractivity contribution in [2.75, 3.05) is 19.7 Å². The van der Waals surface area contributed by atoms with Gasteiger partial charge in [-0.05, 0) is 184 Å². The van der Waals surface area contributed by atoms with Gasteiger partial charge in [-0.15, -0.1) is 0 Å². The zero-order chi connectivity index (χ0) is 63.6. The first-order valence-corrected chi connectivity index (χ1v) is 32.2. The number of rotatable bonds is 26. The Morgan fingerprint density at radius 2 is 0.816 bits per heavy atom. The van der Waals surface area contributed by atoms with Crippen LogP contribution in [0.15, 0.2) is 115 Å². The summed E-state index contributed by atoms with van der Waals surface area (Å²) >= 11 is 5.76. The molecule has 13 heteroatoms. The molecule has 3 saturated carbocycles. The lowest BCUT2D eigenvalue weighted by Gasteiger charge is -2.24. The van der Waals surface area contributed by atoms with Crippen LogP contribution in [0.2, 0.25) is 0 Å². The number of amides is 1. The van der Waals surface area contributed by atoms with Crippen LogP contribution < -0.4 is 19.5 Å². The molecule has 474 valence electrons. The lowest BCUT2D eigenvalue weighted by atomic mass is 9.90. The monoisotopic (exact) mass is 1210 g/mol. The van der Waals surface area contributed by atoms with Crippen molar-refractivity contribution in [3.05, 3.63) is 160 Å². The second kappa shape index (κ2) is 32.6. The molecule has 0 saturated heterocycles. The van der Waals surface area contributed by atoms with Crippen LogP contribution in [0.5, 0.6) is 17.2 Å². The molecule has 3 aliphatic carbocycles. The van der Waals surface area contributed by atoms with Gasteiger partial charge < -0.3 is 38.5 Å². The van der Waals surface area contributed by atoms with Crippen molar-refractivity contribution in [3.8, 4) is 17.2 Å². The Hall–Kier alpha value is -6.53. The predicted molar refractivity (Wildman–Crippen MR) is 347 cm³/mol. The number of hydrogen-bond donors (Lipinski definition) is 1. The van der Waals surface area contributed by atoms with Crippen molar-refractivity contribution in [2.24, 2.45) is 23.7 Å². The van der Waals surface area contributed by atoms with Gasteiger partial charge in [0.25, 0.3) is 0 Å². The number of alkyl halides is 1.